The van der Waals surface area contributed by atoms with Crippen molar-refractivity contribution in [3.63, 3.8) is 0 Å². The number of amides is 1. The average molecular weight is 250 g/mol. The molecule has 0 unspecified atom stereocenters. The van der Waals surface area contributed by atoms with Gasteiger partial charge in [-0.25, -0.2) is 0 Å². The molecule has 0 aromatic heterocycles. The van der Waals surface area contributed by atoms with E-state index >= 15 is 0 Å². The van der Waals surface area contributed by atoms with Crippen molar-refractivity contribution in [2.75, 3.05) is 19.6 Å². The van der Waals surface area contributed by atoms with E-state index in [2.05, 4.69) is 17.1 Å². The molecule has 2 saturated carbocycles. The lowest BCUT2D eigenvalue weighted by Gasteiger charge is -2.39. The number of piperidine rings is 1. The molecule has 2 aliphatic carbocycles. The van der Waals surface area contributed by atoms with E-state index in [9.17, 15) is 4.79 Å². The van der Waals surface area contributed by atoms with E-state index in [1.165, 1.54) is 25.8 Å². The van der Waals surface area contributed by atoms with Crippen LogP contribution in [0.4, 0.5) is 0 Å². The van der Waals surface area contributed by atoms with Crippen LogP contribution in [0.5, 0.6) is 0 Å². The van der Waals surface area contributed by atoms with Gasteiger partial charge in [-0.15, -0.1) is 0 Å². The van der Waals surface area contributed by atoms with Crippen LogP contribution in [0.3, 0.4) is 0 Å². The van der Waals surface area contributed by atoms with Crippen molar-refractivity contribution in [2.24, 2.45) is 17.8 Å². The lowest BCUT2D eigenvalue weighted by molar-refractivity contribution is -0.134. The summed E-state index contributed by atoms with van der Waals surface area (Å²) in [4.78, 5) is 14.3. The van der Waals surface area contributed by atoms with Gasteiger partial charge in [0, 0.05) is 25.0 Å². The van der Waals surface area contributed by atoms with Gasteiger partial charge in [0.1, 0.15) is 0 Å². The molecular formula is C15H26N2O. The summed E-state index contributed by atoms with van der Waals surface area (Å²) in [7, 11) is 0. The third kappa shape index (κ3) is 2.87. The van der Waals surface area contributed by atoms with Crippen LogP contribution in [0.1, 0.15) is 45.4 Å². The van der Waals surface area contributed by atoms with Crippen LogP contribution in [0, 0.1) is 17.8 Å². The van der Waals surface area contributed by atoms with Gasteiger partial charge in [0.05, 0.1) is 0 Å². The van der Waals surface area contributed by atoms with E-state index in [0.717, 1.165) is 38.3 Å². The SMILES string of the molecule is CC[C@H]1CN(C(=O)C2CC2)CC[C@@H]1NCC1CC1. The van der Waals surface area contributed by atoms with Crippen LogP contribution in [0.2, 0.25) is 0 Å². The van der Waals surface area contributed by atoms with Gasteiger partial charge in [0.2, 0.25) is 5.91 Å². The Labute approximate surface area is 110 Å². The number of likely N-dealkylation sites (tertiary alicyclic amines) is 1. The Bertz CT molecular complexity index is 310. The monoisotopic (exact) mass is 250 g/mol. The molecule has 3 fully saturated rings. The molecule has 1 N–H and O–H groups in total. The first-order chi connectivity index (χ1) is 8.78. The first kappa shape index (κ1) is 12.5. The highest BCUT2D eigenvalue weighted by molar-refractivity contribution is 5.81. The molecule has 2 atom stereocenters. The van der Waals surface area contributed by atoms with Crippen LogP contribution >= 0.6 is 0 Å². The van der Waals surface area contributed by atoms with Crippen LogP contribution in [-0.4, -0.2) is 36.5 Å². The summed E-state index contributed by atoms with van der Waals surface area (Å²) in [6, 6.07) is 0.652. The zero-order valence-electron chi connectivity index (χ0n) is 11.5. The van der Waals surface area contributed by atoms with Gasteiger partial charge >= 0.3 is 0 Å². The van der Waals surface area contributed by atoms with Crippen molar-refractivity contribution in [3.8, 4) is 0 Å². The summed E-state index contributed by atoms with van der Waals surface area (Å²) in [5.41, 5.74) is 0. The van der Waals surface area contributed by atoms with Crippen molar-refractivity contribution < 1.29 is 4.79 Å². The first-order valence-corrected chi connectivity index (χ1v) is 7.80. The first-order valence-electron chi connectivity index (χ1n) is 7.80. The zero-order valence-corrected chi connectivity index (χ0v) is 11.5. The van der Waals surface area contributed by atoms with Crippen LogP contribution < -0.4 is 5.32 Å². The van der Waals surface area contributed by atoms with Crippen LogP contribution in [-0.2, 0) is 4.79 Å². The highest BCUT2D eigenvalue weighted by atomic mass is 16.2. The Morgan fingerprint density at radius 3 is 2.61 bits per heavy atom. The molecule has 0 spiro atoms. The Kier molecular flexibility index (Phi) is 3.60. The van der Waals surface area contributed by atoms with Gasteiger partial charge in [-0.1, -0.05) is 13.3 Å². The Morgan fingerprint density at radius 2 is 2.00 bits per heavy atom. The van der Waals surface area contributed by atoms with Gasteiger partial charge in [-0.05, 0) is 50.5 Å². The van der Waals surface area contributed by atoms with E-state index in [-0.39, 0.29) is 0 Å². The maximum atomic E-state index is 12.1. The maximum absolute atomic E-state index is 12.1. The molecule has 3 nitrogen and oxygen atoms in total. The Hall–Kier alpha value is -0.570. The molecule has 18 heavy (non-hydrogen) atoms. The highest BCUT2D eigenvalue weighted by Gasteiger charge is 2.37. The molecule has 3 aliphatic rings. The van der Waals surface area contributed by atoms with Gasteiger partial charge in [0.15, 0.2) is 0 Å². The van der Waals surface area contributed by atoms with Gasteiger partial charge in [0.25, 0.3) is 0 Å². The quantitative estimate of drug-likeness (QED) is 0.809. The molecule has 3 rings (SSSR count). The zero-order chi connectivity index (χ0) is 12.5. The number of hydrogen-bond acceptors (Lipinski definition) is 2. The fourth-order valence-corrected chi connectivity index (χ4v) is 3.14. The molecule has 0 radical (unpaired) electrons. The Balaban J connectivity index is 1.50. The van der Waals surface area contributed by atoms with Crippen molar-refractivity contribution in [1.82, 2.24) is 10.2 Å². The fraction of sp³-hybridized carbons (Fsp3) is 0.933. The predicted molar refractivity (Wildman–Crippen MR) is 72.2 cm³/mol. The average Bonchev–Trinajstić information content (AvgIpc) is 3.28. The molecule has 0 aromatic rings. The topological polar surface area (TPSA) is 32.3 Å². The highest BCUT2D eigenvalue weighted by Crippen LogP contribution is 2.33. The van der Waals surface area contributed by atoms with E-state index in [0.29, 0.717) is 23.8 Å². The van der Waals surface area contributed by atoms with E-state index in [4.69, 9.17) is 0 Å². The summed E-state index contributed by atoms with van der Waals surface area (Å²) in [6.45, 7) is 5.45. The van der Waals surface area contributed by atoms with Gasteiger partial charge in [-0.3, -0.25) is 4.79 Å². The third-order valence-corrected chi connectivity index (χ3v) is 4.86. The fourth-order valence-electron chi connectivity index (χ4n) is 3.14. The molecule has 0 aromatic carbocycles. The van der Waals surface area contributed by atoms with Crippen molar-refractivity contribution >= 4 is 5.91 Å². The van der Waals surface area contributed by atoms with E-state index < -0.39 is 0 Å². The number of rotatable bonds is 5. The molecule has 1 heterocycles. The summed E-state index contributed by atoms with van der Waals surface area (Å²) < 4.78 is 0. The third-order valence-electron chi connectivity index (χ3n) is 4.86. The van der Waals surface area contributed by atoms with Gasteiger partial charge in [-0.2, -0.15) is 0 Å². The number of nitrogens with one attached hydrogen (secondary N) is 1. The Morgan fingerprint density at radius 1 is 1.22 bits per heavy atom. The van der Waals surface area contributed by atoms with Crippen molar-refractivity contribution in [2.45, 2.75) is 51.5 Å². The molecule has 3 heteroatoms. The van der Waals surface area contributed by atoms with Gasteiger partial charge < -0.3 is 10.2 Å². The minimum absolute atomic E-state index is 0.387. The number of nitrogens with zero attached hydrogens (tertiary/aromatic N) is 1. The second-order valence-corrected chi connectivity index (χ2v) is 6.47. The largest absolute Gasteiger partial charge is 0.342 e. The standard InChI is InChI=1S/C15H26N2O/c1-2-12-10-17(15(18)13-5-6-13)8-7-14(12)16-9-11-3-4-11/h11-14,16H,2-10H2,1H3/t12-,14-/m0/s1. The molecule has 0 bridgehead atoms. The predicted octanol–water partition coefficient (Wildman–Crippen LogP) is 2.02. The smallest absolute Gasteiger partial charge is 0.225 e. The summed E-state index contributed by atoms with van der Waals surface area (Å²) in [5, 5.41) is 3.75. The van der Waals surface area contributed by atoms with E-state index in [1.54, 1.807) is 0 Å². The molecule has 102 valence electrons. The summed E-state index contributed by atoms with van der Waals surface area (Å²) >= 11 is 0. The maximum Gasteiger partial charge on any atom is 0.225 e. The second-order valence-electron chi connectivity index (χ2n) is 6.47. The van der Waals surface area contributed by atoms with Crippen LogP contribution in [0.15, 0.2) is 0 Å². The lowest BCUT2D eigenvalue weighted by atomic mass is 9.89. The normalized spacial score (nSPS) is 32.6. The molecule has 1 saturated heterocycles. The molecule has 1 amide bonds. The number of hydrogen-bond donors (Lipinski definition) is 1. The van der Waals surface area contributed by atoms with Crippen LogP contribution in [0.25, 0.3) is 0 Å². The lowest BCUT2D eigenvalue weighted by Crippen LogP contribution is -2.51. The van der Waals surface area contributed by atoms with Crippen molar-refractivity contribution in [3.05, 3.63) is 0 Å². The van der Waals surface area contributed by atoms with E-state index in [1.807, 2.05) is 0 Å². The minimum atomic E-state index is 0.387. The summed E-state index contributed by atoms with van der Waals surface area (Å²) in [6.07, 6.45) is 7.46. The minimum Gasteiger partial charge on any atom is -0.342 e. The number of carbonyl (C=O) groups excluding carboxylic acids is 1. The van der Waals surface area contributed by atoms with Crippen molar-refractivity contribution in [1.29, 1.82) is 0 Å². The second kappa shape index (κ2) is 5.20. The molecular weight excluding hydrogens is 224 g/mol. The summed E-state index contributed by atoms with van der Waals surface area (Å²) in [5.74, 6) is 2.45. The number of carbonyl (C=O) groups is 1. The molecule has 1 aliphatic heterocycles.